The molecule has 6 atom stereocenters. The predicted octanol–water partition coefficient (Wildman–Crippen LogP) is 5.58. The summed E-state index contributed by atoms with van der Waals surface area (Å²) in [5, 5.41) is 24.2. The Morgan fingerprint density at radius 2 is 1.68 bits per heavy atom. The second-order valence-electron chi connectivity index (χ2n) is 14.1. The van der Waals surface area contributed by atoms with Crippen LogP contribution in [0.15, 0.2) is 35.4 Å². The lowest BCUT2D eigenvalue weighted by Gasteiger charge is -2.58. The van der Waals surface area contributed by atoms with E-state index in [0.717, 1.165) is 56.9 Å². The van der Waals surface area contributed by atoms with Gasteiger partial charge in [0.1, 0.15) is 0 Å². The topological polar surface area (TPSA) is 84.9 Å². The third kappa shape index (κ3) is 3.90. The van der Waals surface area contributed by atoms with Gasteiger partial charge in [0.15, 0.2) is 5.79 Å². The standard InChI is InChI=1S/C32H47NO4/c1-5-31(35)14-11-25-23-10-13-30(34)18-32(36-19-28(2,3)20-37-32)15-12-26(30)27(23)24(16-29(25,31)4)22-8-6-21(17-33)7-9-22/h6-9,23-25,34-35H,5,10-20,33H2,1-4H3. The van der Waals surface area contributed by atoms with Gasteiger partial charge in [-0.25, -0.2) is 0 Å². The quantitative estimate of drug-likeness (QED) is 0.463. The molecular formula is C32H47NO4. The Morgan fingerprint density at radius 3 is 2.32 bits per heavy atom. The van der Waals surface area contributed by atoms with Crippen LogP contribution in [0.5, 0.6) is 0 Å². The van der Waals surface area contributed by atoms with E-state index < -0.39 is 17.0 Å². The van der Waals surface area contributed by atoms with Crippen LogP contribution >= 0.6 is 0 Å². The zero-order chi connectivity index (χ0) is 26.3. The molecule has 4 fully saturated rings. The van der Waals surface area contributed by atoms with Crippen molar-refractivity contribution in [3.8, 4) is 0 Å². The van der Waals surface area contributed by atoms with Crippen molar-refractivity contribution in [3.05, 3.63) is 46.5 Å². The van der Waals surface area contributed by atoms with Crippen LogP contribution in [0.2, 0.25) is 0 Å². The first kappa shape index (κ1) is 26.0. The molecule has 5 heteroatoms. The average molecular weight is 510 g/mol. The molecule has 3 saturated carbocycles. The van der Waals surface area contributed by atoms with Crippen molar-refractivity contribution in [3.63, 3.8) is 0 Å². The molecule has 1 spiro atoms. The minimum atomic E-state index is -0.881. The molecule has 6 unspecified atom stereocenters. The van der Waals surface area contributed by atoms with Crippen LogP contribution in [-0.4, -0.2) is 40.4 Å². The molecule has 1 saturated heterocycles. The molecule has 0 aromatic heterocycles. The Bertz CT molecular complexity index is 1070. The van der Waals surface area contributed by atoms with Crippen LogP contribution in [0.1, 0.15) is 103 Å². The summed E-state index contributed by atoms with van der Waals surface area (Å²) in [4.78, 5) is 0. The molecule has 1 aromatic carbocycles. The monoisotopic (exact) mass is 509 g/mol. The normalized spacial score (nSPS) is 42.3. The van der Waals surface area contributed by atoms with Crippen LogP contribution in [0.3, 0.4) is 0 Å². The van der Waals surface area contributed by atoms with E-state index in [2.05, 4.69) is 52.0 Å². The molecule has 1 aromatic rings. The van der Waals surface area contributed by atoms with Crippen LogP contribution in [0, 0.1) is 22.7 Å². The molecule has 204 valence electrons. The Morgan fingerprint density at radius 1 is 0.973 bits per heavy atom. The van der Waals surface area contributed by atoms with Crippen molar-refractivity contribution in [2.45, 2.75) is 115 Å². The lowest BCUT2D eigenvalue weighted by molar-refractivity contribution is -0.322. The number of aliphatic hydroxyl groups is 2. The van der Waals surface area contributed by atoms with Gasteiger partial charge in [0, 0.05) is 36.1 Å². The Hall–Kier alpha value is -1.24. The van der Waals surface area contributed by atoms with Crippen molar-refractivity contribution in [1.29, 1.82) is 0 Å². The smallest absolute Gasteiger partial charge is 0.171 e. The largest absolute Gasteiger partial charge is 0.389 e. The van der Waals surface area contributed by atoms with Crippen LogP contribution < -0.4 is 5.73 Å². The van der Waals surface area contributed by atoms with Crippen molar-refractivity contribution >= 4 is 0 Å². The number of benzene rings is 1. The number of hydrogen-bond donors (Lipinski definition) is 3. The van der Waals surface area contributed by atoms with Crippen molar-refractivity contribution in [2.24, 2.45) is 28.4 Å². The fraction of sp³-hybridized carbons (Fsp3) is 0.750. The van der Waals surface area contributed by atoms with Gasteiger partial charge in [-0.2, -0.15) is 0 Å². The number of fused-ring (bicyclic) bond motifs is 4. The summed E-state index contributed by atoms with van der Waals surface area (Å²) in [5.41, 5.74) is 9.47. The zero-order valence-electron chi connectivity index (χ0n) is 23.3. The maximum atomic E-state index is 12.3. The van der Waals surface area contributed by atoms with Gasteiger partial charge in [0.05, 0.1) is 24.4 Å². The summed E-state index contributed by atoms with van der Waals surface area (Å²) in [6.45, 7) is 10.7. The van der Waals surface area contributed by atoms with Crippen LogP contribution in [0.25, 0.3) is 0 Å². The lowest BCUT2D eigenvalue weighted by Crippen LogP contribution is -2.58. The van der Waals surface area contributed by atoms with Crippen molar-refractivity contribution < 1.29 is 19.7 Å². The van der Waals surface area contributed by atoms with Crippen molar-refractivity contribution in [1.82, 2.24) is 0 Å². The maximum Gasteiger partial charge on any atom is 0.171 e. The van der Waals surface area contributed by atoms with Crippen LogP contribution in [0.4, 0.5) is 0 Å². The highest BCUT2D eigenvalue weighted by Crippen LogP contribution is 2.68. The van der Waals surface area contributed by atoms with Gasteiger partial charge in [-0.3, -0.25) is 0 Å². The van der Waals surface area contributed by atoms with Gasteiger partial charge in [-0.1, -0.05) is 57.5 Å². The number of rotatable bonds is 3. The average Bonchev–Trinajstić information content (AvgIpc) is 3.16. The fourth-order valence-electron chi connectivity index (χ4n) is 9.11. The summed E-state index contributed by atoms with van der Waals surface area (Å²) in [6, 6.07) is 8.80. The third-order valence-corrected chi connectivity index (χ3v) is 11.4. The van der Waals surface area contributed by atoms with Crippen LogP contribution in [-0.2, 0) is 16.0 Å². The number of allylic oxidation sites excluding steroid dienone is 1. The molecule has 6 rings (SSSR count). The van der Waals surface area contributed by atoms with Gasteiger partial charge in [-0.05, 0) is 73.5 Å². The summed E-state index contributed by atoms with van der Waals surface area (Å²) in [7, 11) is 0. The molecule has 4 N–H and O–H groups in total. The highest BCUT2D eigenvalue weighted by atomic mass is 16.7. The highest BCUT2D eigenvalue weighted by Gasteiger charge is 2.64. The molecule has 0 bridgehead atoms. The first-order chi connectivity index (χ1) is 17.5. The molecule has 5 aliphatic rings. The number of nitrogens with two attached hydrogens (primary N) is 1. The van der Waals surface area contributed by atoms with E-state index in [-0.39, 0.29) is 16.7 Å². The zero-order valence-corrected chi connectivity index (χ0v) is 23.3. The maximum absolute atomic E-state index is 12.3. The van der Waals surface area contributed by atoms with E-state index in [1.165, 1.54) is 16.7 Å². The Kier molecular flexibility index (Phi) is 6.06. The van der Waals surface area contributed by atoms with Gasteiger partial charge < -0.3 is 25.4 Å². The van der Waals surface area contributed by atoms with E-state index >= 15 is 0 Å². The minimum absolute atomic E-state index is 0.0113. The number of hydrogen-bond acceptors (Lipinski definition) is 5. The predicted molar refractivity (Wildman–Crippen MR) is 145 cm³/mol. The molecule has 5 nitrogen and oxygen atoms in total. The van der Waals surface area contributed by atoms with Gasteiger partial charge in [-0.15, -0.1) is 0 Å². The van der Waals surface area contributed by atoms with E-state index in [9.17, 15) is 10.2 Å². The van der Waals surface area contributed by atoms with E-state index in [4.69, 9.17) is 15.2 Å². The van der Waals surface area contributed by atoms with E-state index in [0.29, 0.717) is 38.0 Å². The van der Waals surface area contributed by atoms with Crippen molar-refractivity contribution in [2.75, 3.05) is 13.2 Å². The Labute approximate surface area is 222 Å². The third-order valence-electron chi connectivity index (χ3n) is 11.4. The molecule has 37 heavy (non-hydrogen) atoms. The second-order valence-corrected chi connectivity index (χ2v) is 14.1. The summed E-state index contributed by atoms with van der Waals surface area (Å²) in [5.74, 6) is 0.411. The molecule has 0 radical (unpaired) electrons. The minimum Gasteiger partial charge on any atom is -0.389 e. The first-order valence-electron chi connectivity index (χ1n) is 14.7. The molecule has 1 heterocycles. The van der Waals surface area contributed by atoms with E-state index in [1.807, 2.05) is 0 Å². The lowest BCUT2D eigenvalue weighted by atomic mass is 9.49. The molecule has 0 amide bonds. The SMILES string of the molecule is CCC1(O)CCC2C3CCC4(O)CC5(CCC4=C3C(c3ccc(CN)cc3)CC21C)OCC(C)(C)CO5. The Balaban J connectivity index is 1.43. The summed E-state index contributed by atoms with van der Waals surface area (Å²) >= 11 is 0. The van der Waals surface area contributed by atoms with Gasteiger partial charge in [0.25, 0.3) is 0 Å². The fourth-order valence-corrected chi connectivity index (χ4v) is 9.11. The molecule has 1 aliphatic heterocycles. The number of ether oxygens (including phenoxy) is 2. The highest BCUT2D eigenvalue weighted by molar-refractivity contribution is 5.44. The summed E-state index contributed by atoms with van der Waals surface area (Å²) < 4.78 is 12.8. The molecular weight excluding hydrogens is 462 g/mol. The summed E-state index contributed by atoms with van der Waals surface area (Å²) in [6.07, 6.45) is 7.56. The van der Waals surface area contributed by atoms with Gasteiger partial charge in [0.2, 0.25) is 0 Å². The second kappa shape index (κ2) is 8.63. The van der Waals surface area contributed by atoms with E-state index in [1.54, 1.807) is 0 Å². The first-order valence-corrected chi connectivity index (χ1v) is 14.7. The molecule has 4 aliphatic carbocycles. The van der Waals surface area contributed by atoms with Gasteiger partial charge >= 0.3 is 0 Å².